The summed E-state index contributed by atoms with van der Waals surface area (Å²) < 4.78 is 5.17. The lowest BCUT2D eigenvalue weighted by atomic mass is 10.0. The average Bonchev–Trinajstić information content (AvgIpc) is 2.39. The summed E-state index contributed by atoms with van der Waals surface area (Å²) >= 11 is 0. The summed E-state index contributed by atoms with van der Waals surface area (Å²) in [6, 6.07) is 8.88. The molecule has 2 atom stereocenters. The van der Waals surface area contributed by atoms with Crippen LogP contribution in [0.15, 0.2) is 49.6 Å². The van der Waals surface area contributed by atoms with E-state index in [2.05, 4.69) is 37.5 Å². The Labute approximate surface area is 110 Å². The van der Waals surface area contributed by atoms with Gasteiger partial charge in [0.15, 0.2) is 0 Å². The summed E-state index contributed by atoms with van der Waals surface area (Å²) in [6.45, 7) is 9.77. The topological polar surface area (TPSA) is 21.3 Å². The maximum atomic E-state index is 5.17. The van der Waals surface area contributed by atoms with E-state index in [1.165, 1.54) is 5.56 Å². The molecule has 0 heterocycles. The van der Waals surface area contributed by atoms with Gasteiger partial charge in [-0.05, 0) is 37.5 Å². The molecular weight excluding hydrogens is 222 g/mol. The molecule has 0 bridgehead atoms. The maximum absolute atomic E-state index is 5.17. The predicted molar refractivity (Wildman–Crippen MR) is 78.0 cm³/mol. The standard InChI is InChI=1S/C16H23NO/c1-5-7-13(3)17-16(8-6-2)14-9-11-15(18-4)12-10-14/h5-6,9-13,16-17H,1-2,7-8H2,3-4H3. The van der Waals surface area contributed by atoms with Crippen molar-refractivity contribution in [2.24, 2.45) is 0 Å². The van der Waals surface area contributed by atoms with Crippen LogP contribution in [0.2, 0.25) is 0 Å². The Bertz CT molecular complexity index is 369. The molecule has 0 aromatic heterocycles. The fraction of sp³-hybridized carbons (Fsp3) is 0.375. The zero-order chi connectivity index (χ0) is 13.4. The lowest BCUT2D eigenvalue weighted by Gasteiger charge is -2.22. The van der Waals surface area contributed by atoms with Crippen LogP contribution in [0.4, 0.5) is 0 Å². The van der Waals surface area contributed by atoms with Crippen molar-refractivity contribution in [3.8, 4) is 5.75 Å². The number of ether oxygens (including phenoxy) is 1. The Morgan fingerprint density at radius 2 is 1.78 bits per heavy atom. The monoisotopic (exact) mass is 245 g/mol. The highest BCUT2D eigenvalue weighted by Gasteiger charge is 2.12. The first-order valence-corrected chi connectivity index (χ1v) is 6.33. The maximum Gasteiger partial charge on any atom is 0.118 e. The zero-order valence-corrected chi connectivity index (χ0v) is 11.4. The molecule has 1 N–H and O–H groups in total. The van der Waals surface area contributed by atoms with E-state index in [1.54, 1.807) is 7.11 Å². The van der Waals surface area contributed by atoms with E-state index in [1.807, 2.05) is 24.3 Å². The van der Waals surface area contributed by atoms with Gasteiger partial charge in [-0.15, -0.1) is 13.2 Å². The van der Waals surface area contributed by atoms with Gasteiger partial charge in [0.05, 0.1) is 7.11 Å². The number of rotatable bonds is 8. The van der Waals surface area contributed by atoms with Gasteiger partial charge in [0, 0.05) is 12.1 Å². The van der Waals surface area contributed by atoms with E-state index in [0.717, 1.165) is 18.6 Å². The molecule has 0 saturated carbocycles. The fourth-order valence-corrected chi connectivity index (χ4v) is 1.96. The van der Waals surface area contributed by atoms with Crippen LogP contribution in [-0.2, 0) is 0 Å². The summed E-state index contributed by atoms with van der Waals surface area (Å²) in [6.07, 6.45) is 5.76. The van der Waals surface area contributed by atoms with Gasteiger partial charge >= 0.3 is 0 Å². The molecule has 0 amide bonds. The van der Waals surface area contributed by atoms with E-state index < -0.39 is 0 Å². The number of hydrogen-bond acceptors (Lipinski definition) is 2. The number of nitrogens with one attached hydrogen (secondary N) is 1. The van der Waals surface area contributed by atoms with E-state index in [-0.39, 0.29) is 0 Å². The third kappa shape index (κ3) is 4.38. The Morgan fingerprint density at radius 3 is 2.28 bits per heavy atom. The van der Waals surface area contributed by atoms with Crippen molar-refractivity contribution in [3.63, 3.8) is 0 Å². The number of benzene rings is 1. The lowest BCUT2D eigenvalue weighted by Crippen LogP contribution is -2.29. The Kier molecular flexibility index (Phi) is 6.23. The van der Waals surface area contributed by atoms with E-state index in [4.69, 9.17) is 4.74 Å². The first-order chi connectivity index (χ1) is 8.71. The summed E-state index contributed by atoms with van der Waals surface area (Å²) in [5.41, 5.74) is 1.26. The molecule has 18 heavy (non-hydrogen) atoms. The van der Waals surface area contributed by atoms with Crippen molar-refractivity contribution in [2.45, 2.75) is 31.8 Å². The van der Waals surface area contributed by atoms with E-state index in [0.29, 0.717) is 12.1 Å². The second kappa shape index (κ2) is 7.72. The van der Waals surface area contributed by atoms with Crippen LogP contribution in [0.5, 0.6) is 5.75 Å². The molecule has 2 heteroatoms. The molecule has 2 unspecified atom stereocenters. The third-order valence-electron chi connectivity index (χ3n) is 2.93. The number of methoxy groups -OCH3 is 1. The zero-order valence-electron chi connectivity index (χ0n) is 11.4. The van der Waals surface area contributed by atoms with Crippen LogP contribution in [0.25, 0.3) is 0 Å². The van der Waals surface area contributed by atoms with Gasteiger partial charge in [-0.3, -0.25) is 0 Å². The molecule has 0 aliphatic carbocycles. The van der Waals surface area contributed by atoms with Gasteiger partial charge in [0.25, 0.3) is 0 Å². The normalized spacial score (nSPS) is 13.7. The molecule has 0 saturated heterocycles. The largest absolute Gasteiger partial charge is 0.497 e. The minimum atomic E-state index is 0.295. The van der Waals surface area contributed by atoms with Crippen LogP contribution in [-0.4, -0.2) is 13.2 Å². The molecule has 0 fully saturated rings. The highest BCUT2D eigenvalue weighted by Crippen LogP contribution is 2.21. The molecule has 98 valence electrons. The van der Waals surface area contributed by atoms with E-state index >= 15 is 0 Å². The molecule has 1 rings (SSSR count). The van der Waals surface area contributed by atoms with Gasteiger partial charge in [-0.25, -0.2) is 0 Å². The van der Waals surface area contributed by atoms with Crippen LogP contribution in [0.3, 0.4) is 0 Å². The highest BCUT2D eigenvalue weighted by molar-refractivity contribution is 5.29. The van der Waals surface area contributed by atoms with Gasteiger partial charge in [0.2, 0.25) is 0 Å². The molecular formula is C16H23NO. The molecule has 0 aliphatic heterocycles. The van der Waals surface area contributed by atoms with Crippen molar-refractivity contribution in [1.29, 1.82) is 0 Å². The first kappa shape index (κ1) is 14.5. The van der Waals surface area contributed by atoms with Gasteiger partial charge in [-0.1, -0.05) is 24.3 Å². The van der Waals surface area contributed by atoms with Gasteiger partial charge in [0.1, 0.15) is 5.75 Å². The predicted octanol–water partition coefficient (Wildman–Crippen LogP) is 3.87. The van der Waals surface area contributed by atoms with Crippen molar-refractivity contribution in [1.82, 2.24) is 5.32 Å². The van der Waals surface area contributed by atoms with Crippen molar-refractivity contribution < 1.29 is 4.74 Å². The molecule has 2 nitrogen and oxygen atoms in total. The van der Waals surface area contributed by atoms with Crippen LogP contribution < -0.4 is 10.1 Å². The van der Waals surface area contributed by atoms with Crippen LogP contribution in [0, 0.1) is 0 Å². The molecule has 0 aliphatic rings. The van der Waals surface area contributed by atoms with Crippen LogP contribution in [0.1, 0.15) is 31.4 Å². The quantitative estimate of drug-likeness (QED) is 0.702. The van der Waals surface area contributed by atoms with Crippen molar-refractivity contribution >= 4 is 0 Å². The van der Waals surface area contributed by atoms with Crippen molar-refractivity contribution in [2.75, 3.05) is 7.11 Å². The average molecular weight is 245 g/mol. The minimum absolute atomic E-state index is 0.295. The second-order valence-corrected chi connectivity index (χ2v) is 4.44. The Hall–Kier alpha value is -1.54. The van der Waals surface area contributed by atoms with Gasteiger partial charge < -0.3 is 10.1 Å². The van der Waals surface area contributed by atoms with Crippen LogP contribution >= 0.6 is 0 Å². The van der Waals surface area contributed by atoms with Crippen molar-refractivity contribution in [3.05, 3.63) is 55.1 Å². The molecule has 1 aromatic rings. The minimum Gasteiger partial charge on any atom is -0.497 e. The summed E-state index contributed by atoms with van der Waals surface area (Å²) in [5.74, 6) is 0.884. The second-order valence-electron chi connectivity index (χ2n) is 4.44. The van der Waals surface area contributed by atoms with E-state index in [9.17, 15) is 0 Å². The molecule has 0 radical (unpaired) electrons. The number of hydrogen-bond donors (Lipinski definition) is 1. The summed E-state index contributed by atoms with van der Waals surface area (Å²) in [4.78, 5) is 0. The SMILES string of the molecule is C=CCC(C)NC(CC=C)c1ccc(OC)cc1. The molecule has 1 aromatic carbocycles. The lowest BCUT2D eigenvalue weighted by molar-refractivity contribution is 0.413. The van der Waals surface area contributed by atoms with Gasteiger partial charge in [-0.2, -0.15) is 0 Å². The highest BCUT2D eigenvalue weighted by atomic mass is 16.5. The summed E-state index contributed by atoms with van der Waals surface area (Å²) in [7, 11) is 1.68. The smallest absolute Gasteiger partial charge is 0.118 e. The first-order valence-electron chi connectivity index (χ1n) is 6.33. The Balaban J connectivity index is 2.75. The molecule has 0 spiro atoms. The Morgan fingerprint density at radius 1 is 1.17 bits per heavy atom. The summed E-state index contributed by atoms with van der Waals surface area (Å²) in [5, 5.41) is 3.59. The third-order valence-corrected chi connectivity index (χ3v) is 2.93. The fourth-order valence-electron chi connectivity index (χ4n) is 1.96.